The van der Waals surface area contributed by atoms with Gasteiger partial charge in [0.15, 0.2) is 11.0 Å². The van der Waals surface area contributed by atoms with Crippen LogP contribution in [0.4, 0.5) is 0 Å². The summed E-state index contributed by atoms with van der Waals surface area (Å²) in [5.41, 5.74) is 10.4. The first-order valence-corrected chi connectivity index (χ1v) is 12.4. The average molecular weight is 468 g/mol. The molecule has 0 radical (unpaired) electrons. The molecular weight excluding hydrogens is 440 g/mol. The molecule has 3 nitrogen and oxygen atoms in total. The second-order valence-corrected chi connectivity index (χ2v) is 9.83. The highest BCUT2D eigenvalue weighted by Gasteiger charge is 2.29. The summed E-state index contributed by atoms with van der Waals surface area (Å²) in [5.74, 6) is 1.15. The predicted octanol–water partition coefficient (Wildman–Crippen LogP) is 8.10. The van der Waals surface area contributed by atoms with Crippen LogP contribution in [-0.2, 0) is 7.05 Å². The maximum Gasteiger partial charge on any atom is 0.295 e. The van der Waals surface area contributed by atoms with Crippen molar-refractivity contribution >= 4 is 43.7 Å². The second kappa shape index (κ2) is 7.56. The topological polar surface area (TPSA) is 21.9 Å². The van der Waals surface area contributed by atoms with Crippen LogP contribution in [0, 0.1) is 20.8 Å². The molecule has 0 amide bonds. The van der Waals surface area contributed by atoms with Crippen molar-refractivity contribution in [2.24, 2.45) is 7.05 Å². The second-order valence-electron chi connectivity index (χ2n) is 9.83. The molecule has 0 spiro atoms. The van der Waals surface area contributed by atoms with E-state index in [9.17, 15) is 0 Å². The number of furan rings is 1. The van der Waals surface area contributed by atoms with E-state index in [-0.39, 0.29) is 0 Å². The summed E-state index contributed by atoms with van der Waals surface area (Å²) in [7, 11) is 2.16. The molecule has 0 atom stereocenters. The lowest BCUT2D eigenvalue weighted by atomic mass is 10.0. The molecule has 3 heteroatoms. The van der Waals surface area contributed by atoms with Gasteiger partial charge in [0.25, 0.3) is 5.82 Å². The number of para-hydroxylation sites is 3. The molecular formula is C33H27N2O+. The third-order valence-electron chi connectivity index (χ3n) is 7.70. The molecule has 2 heterocycles. The third-order valence-corrected chi connectivity index (χ3v) is 7.70. The predicted molar refractivity (Wildman–Crippen MR) is 149 cm³/mol. The van der Waals surface area contributed by atoms with Crippen molar-refractivity contribution in [1.29, 1.82) is 0 Å². The van der Waals surface area contributed by atoms with Crippen LogP contribution in [0.3, 0.4) is 0 Å². The zero-order chi connectivity index (χ0) is 24.6. The van der Waals surface area contributed by atoms with Crippen LogP contribution in [0.2, 0.25) is 0 Å². The van der Waals surface area contributed by atoms with Crippen LogP contribution < -0.4 is 4.57 Å². The van der Waals surface area contributed by atoms with E-state index >= 15 is 0 Å². The van der Waals surface area contributed by atoms with E-state index in [4.69, 9.17) is 4.42 Å². The minimum atomic E-state index is 0.956. The van der Waals surface area contributed by atoms with Gasteiger partial charge < -0.3 is 4.42 Å². The minimum absolute atomic E-state index is 0.956. The molecule has 7 rings (SSSR count). The van der Waals surface area contributed by atoms with Gasteiger partial charge in [-0.05, 0) is 67.6 Å². The van der Waals surface area contributed by atoms with E-state index in [2.05, 4.69) is 128 Å². The number of benzene rings is 5. The Morgan fingerprint density at radius 3 is 2.17 bits per heavy atom. The van der Waals surface area contributed by atoms with Crippen molar-refractivity contribution in [3.63, 3.8) is 0 Å². The quantitative estimate of drug-likeness (QED) is 0.235. The normalized spacial score (nSPS) is 11.9. The van der Waals surface area contributed by atoms with Gasteiger partial charge in [0, 0.05) is 21.7 Å². The number of aryl methyl sites for hydroxylation is 4. The van der Waals surface area contributed by atoms with E-state index in [1.807, 2.05) is 0 Å². The van der Waals surface area contributed by atoms with Gasteiger partial charge in [0.1, 0.15) is 16.9 Å². The Balaban J connectivity index is 1.60. The maximum atomic E-state index is 6.65. The lowest BCUT2D eigenvalue weighted by molar-refractivity contribution is -0.633. The summed E-state index contributed by atoms with van der Waals surface area (Å²) >= 11 is 0. The van der Waals surface area contributed by atoms with Gasteiger partial charge in [-0.15, -0.1) is 0 Å². The maximum absolute atomic E-state index is 6.65. The number of imidazole rings is 1. The number of hydrogen-bond donors (Lipinski definition) is 0. The van der Waals surface area contributed by atoms with Crippen LogP contribution in [0.5, 0.6) is 0 Å². The highest BCUT2D eigenvalue weighted by molar-refractivity contribution is 6.16. The fourth-order valence-electron chi connectivity index (χ4n) is 5.95. The fraction of sp³-hybridized carbons (Fsp3) is 0.121. The fourth-order valence-corrected chi connectivity index (χ4v) is 5.95. The zero-order valence-electron chi connectivity index (χ0n) is 21.0. The van der Waals surface area contributed by atoms with Crippen LogP contribution in [0.1, 0.15) is 16.7 Å². The minimum Gasteiger partial charge on any atom is -0.455 e. The van der Waals surface area contributed by atoms with Crippen LogP contribution in [0.25, 0.3) is 60.8 Å². The molecule has 0 saturated heterocycles. The molecule has 0 saturated carbocycles. The summed E-state index contributed by atoms with van der Waals surface area (Å²) in [6.07, 6.45) is 0. The molecule has 0 fully saturated rings. The van der Waals surface area contributed by atoms with Gasteiger partial charge in [-0.3, -0.25) is 0 Å². The van der Waals surface area contributed by atoms with E-state index in [1.54, 1.807) is 0 Å². The van der Waals surface area contributed by atoms with Crippen molar-refractivity contribution in [3.05, 3.63) is 108 Å². The monoisotopic (exact) mass is 467 g/mol. The molecule has 5 aromatic carbocycles. The van der Waals surface area contributed by atoms with Crippen molar-refractivity contribution in [2.45, 2.75) is 20.8 Å². The van der Waals surface area contributed by atoms with E-state index < -0.39 is 0 Å². The Bertz CT molecular complexity index is 1970. The number of fused-ring (bicyclic) bond motifs is 6. The Morgan fingerprint density at radius 2 is 1.33 bits per heavy atom. The zero-order valence-corrected chi connectivity index (χ0v) is 21.0. The van der Waals surface area contributed by atoms with Crippen molar-refractivity contribution < 1.29 is 8.98 Å². The van der Waals surface area contributed by atoms with Gasteiger partial charge in [0.05, 0.1) is 12.6 Å². The number of aromatic nitrogens is 2. The molecule has 0 aliphatic heterocycles. The summed E-state index contributed by atoms with van der Waals surface area (Å²) in [4.78, 5) is 0. The van der Waals surface area contributed by atoms with Crippen molar-refractivity contribution in [2.75, 3.05) is 0 Å². The number of nitrogens with zero attached hydrogens (tertiary/aromatic N) is 2. The van der Waals surface area contributed by atoms with Gasteiger partial charge >= 0.3 is 0 Å². The summed E-state index contributed by atoms with van der Waals surface area (Å²) in [6.45, 7) is 6.58. The molecule has 174 valence electrons. The molecule has 0 bridgehead atoms. The molecule has 0 aliphatic carbocycles. The van der Waals surface area contributed by atoms with Crippen LogP contribution in [-0.4, -0.2) is 4.57 Å². The van der Waals surface area contributed by atoms with Gasteiger partial charge in [-0.25, -0.2) is 4.57 Å². The molecule has 36 heavy (non-hydrogen) atoms. The Hall–Kier alpha value is -4.37. The van der Waals surface area contributed by atoms with Gasteiger partial charge in [-0.2, -0.15) is 4.57 Å². The first kappa shape index (κ1) is 21.0. The smallest absolute Gasteiger partial charge is 0.295 e. The Kier molecular flexibility index (Phi) is 4.40. The third kappa shape index (κ3) is 2.77. The Morgan fingerprint density at radius 1 is 0.639 bits per heavy atom. The molecule has 0 aliphatic rings. The van der Waals surface area contributed by atoms with Crippen molar-refractivity contribution in [1.82, 2.24) is 4.57 Å². The Labute approximate surface area is 209 Å². The number of rotatable bonds is 2. The standard InChI is InChI=1S/C33H27N2O/c1-20-10-9-11-21(2)30(20)35-29-15-8-7-14-28(29)34(4)33(35)24-18-19-26-27-17-16-23-12-5-6-13-25(23)32(27)36-31(26)22(24)3/h5-19H,1-4H3/q+1. The number of hydrogen-bond acceptors (Lipinski definition) is 1. The first-order chi connectivity index (χ1) is 17.5. The highest BCUT2D eigenvalue weighted by atomic mass is 16.3. The van der Waals surface area contributed by atoms with Crippen LogP contribution in [0.15, 0.2) is 95.4 Å². The van der Waals surface area contributed by atoms with Gasteiger partial charge in [-0.1, -0.05) is 60.7 Å². The average Bonchev–Trinajstić information content (AvgIpc) is 3.41. The molecule has 2 aromatic heterocycles. The van der Waals surface area contributed by atoms with Gasteiger partial charge in [0.2, 0.25) is 0 Å². The van der Waals surface area contributed by atoms with Crippen LogP contribution >= 0.6 is 0 Å². The lowest BCUT2D eigenvalue weighted by Gasteiger charge is -2.11. The molecule has 7 aromatic rings. The lowest BCUT2D eigenvalue weighted by Crippen LogP contribution is -2.30. The summed E-state index contributed by atoms with van der Waals surface area (Å²) < 4.78 is 11.4. The largest absolute Gasteiger partial charge is 0.455 e. The first-order valence-electron chi connectivity index (χ1n) is 12.4. The van der Waals surface area contributed by atoms with E-state index in [1.165, 1.54) is 38.8 Å². The SMILES string of the molecule is Cc1cccc(C)c1-n1c(-c2ccc3c(oc4c5ccccc5ccc34)c2C)[n+](C)c2ccccc21. The van der Waals surface area contributed by atoms with E-state index in [0.717, 1.165) is 38.7 Å². The van der Waals surface area contributed by atoms with Crippen molar-refractivity contribution in [3.8, 4) is 17.1 Å². The highest BCUT2D eigenvalue weighted by Crippen LogP contribution is 2.39. The molecule has 0 N–H and O–H groups in total. The summed E-state index contributed by atoms with van der Waals surface area (Å²) in [6, 6.07) is 32.5. The molecule has 0 unspecified atom stereocenters. The van der Waals surface area contributed by atoms with E-state index in [0.29, 0.717) is 0 Å². The summed E-state index contributed by atoms with van der Waals surface area (Å²) in [5, 5.41) is 4.68.